The average molecular weight is 319 g/mol. The van der Waals surface area contributed by atoms with Crippen molar-refractivity contribution in [3.63, 3.8) is 0 Å². The van der Waals surface area contributed by atoms with Crippen LogP contribution in [0.25, 0.3) is 22.6 Å². The van der Waals surface area contributed by atoms with Gasteiger partial charge in [-0.25, -0.2) is 9.97 Å². The molecule has 1 saturated carbocycles. The largest absolute Gasteiger partial charge is 0.397 e. The van der Waals surface area contributed by atoms with Crippen LogP contribution in [0, 0.1) is 0 Å². The van der Waals surface area contributed by atoms with Crippen molar-refractivity contribution in [3.8, 4) is 11.4 Å². The lowest BCUT2D eigenvalue weighted by molar-refractivity contribution is 0.767. The molecule has 4 rings (SSSR count). The second-order valence-corrected chi connectivity index (χ2v) is 6.02. The number of nitrogen functional groups attached to an aromatic ring is 1. The lowest BCUT2D eigenvalue weighted by atomic mass is 10.1. The minimum Gasteiger partial charge on any atom is -0.397 e. The molecular weight excluding hydrogens is 307 g/mol. The smallest absolute Gasteiger partial charge is 0.160 e. The zero-order valence-corrected chi connectivity index (χ0v) is 12.6. The maximum absolute atomic E-state index is 6.35. The quantitative estimate of drug-likeness (QED) is 0.716. The fourth-order valence-electron chi connectivity index (χ4n) is 2.58. The number of aromatic nitrogens is 3. The summed E-state index contributed by atoms with van der Waals surface area (Å²) in [7, 11) is 0. The van der Waals surface area contributed by atoms with Crippen molar-refractivity contribution < 1.29 is 0 Å². The molecule has 1 aliphatic carbocycles. The predicted molar refractivity (Wildman–Crippen MR) is 85.7 cm³/mol. The summed E-state index contributed by atoms with van der Waals surface area (Å²) in [4.78, 5) is 9.14. The summed E-state index contributed by atoms with van der Waals surface area (Å²) >= 11 is 12.5. The number of nitrogens with zero attached hydrogens (tertiary/aromatic N) is 3. The van der Waals surface area contributed by atoms with Crippen LogP contribution in [0.2, 0.25) is 10.0 Å². The predicted octanol–water partition coefficient (Wildman–Crippen LogP) is 4.32. The molecule has 2 heterocycles. The first-order valence-corrected chi connectivity index (χ1v) is 7.49. The van der Waals surface area contributed by atoms with Crippen LogP contribution in [0.15, 0.2) is 30.5 Å². The van der Waals surface area contributed by atoms with E-state index in [0.717, 1.165) is 29.8 Å². The van der Waals surface area contributed by atoms with Crippen molar-refractivity contribution in [2.24, 2.45) is 0 Å². The van der Waals surface area contributed by atoms with E-state index in [1.807, 2.05) is 12.1 Å². The van der Waals surface area contributed by atoms with Crippen molar-refractivity contribution in [1.29, 1.82) is 0 Å². The number of imidazole rings is 1. The van der Waals surface area contributed by atoms with E-state index in [-0.39, 0.29) is 0 Å². The third-order valence-electron chi connectivity index (χ3n) is 3.73. The number of fused-ring (bicyclic) bond motifs is 1. The van der Waals surface area contributed by atoms with Crippen LogP contribution in [0.5, 0.6) is 0 Å². The Bertz CT molecular complexity index is 852. The zero-order valence-electron chi connectivity index (χ0n) is 11.1. The van der Waals surface area contributed by atoms with E-state index in [9.17, 15) is 0 Å². The van der Waals surface area contributed by atoms with E-state index in [4.69, 9.17) is 28.9 Å². The summed E-state index contributed by atoms with van der Waals surface area (Å²) < 4.78 is 2.13. The lowest BCUT2D eigenvalue weighted by Gasteiger charge is -2.11. The highest BCUT2D eigenvalue weighted by atomic mass is 35.5. The number of nitrogens with two attached hydrogens (primary N) is 1. The van der Waals surface area contributed by atoms with Gasteiger partial charge in [0.25, 0.3) is 0 Å². The Hall–Kier alpha value is -1.78. The summed E-state index contributed by atoms with van der Waals surface area (Å²) in [5, 5.41) is 1.03. The van der Waals surface area contributed by atoms with Crippen LogP contribution in [-0.2, 0) is 0 Å². The van der Waals surface area contributed by atoms with Crippen molar-refractivity contribution in [2.45, 2.75) is 18.9 Å². The highest BCUT2D eigenvalue weighted by Gasteiger charge is 2.30. The lowest BCUT2D eigenvalue weighted by Crippen LogP contribution is -2.02. The molecule has 4 nitrogen and oxygen atoms in total. The number of hydrogen-bond acceptors (Lipinski definition) is 3. The van der Waals surface area contributed by atoms with Crippen LogP contribution >= 0.6 is 23.2 Å². The topological polar surface area (TPSA) is 56.7 Å². The summed E-state index contributed by atoms with van der Waals surface area (Å²) in [6.45, 7) is 0. The first kappa shape index (κ1) is 12.9. The Kier molecular flexibility index (Phi) is 2.84. The van der Waals surface area contributed by atoms with Crippen LogP contribution < -0.4 is 5.73 Å². The summed E-state index contributed by atoms with van der Waals surface area (Å²) in [6.07, 6.45) is 4.01. The molecule has 1 aromatic carbocycles. The molecule has 21 heavy (non-hydrogen) atoms. The molecule has 0 saturated heterocycles. The highest BCUT2D eigenvalue weighted by Crippen LogP contribution is 2.44. The highest BCUT2D eigenvalue weighted by molar-refractivity contribution is 6.37. The van der Waals surface area contributed by atoms with Crippen molar-refractivity contribution in [1.82, 2.24) is 14.5 Å². The third kappa shape index (κ3) is 1.98. The molecule has 106 valence electrons. The zero-order chi connectivity index (χ0) is 14.6. The minimum absolute atomic E-state index is 0.411. The summed E-state index contributed by atoms with van der Waals surface area (Å²) in [5.74, 6) is 0.746. The minimum atomic E-state index is 0.411. The molecule has 0 amide bonds. The Morgan fingerprint density at radius 1 is 1.14 bits per heavy atom. The van der Waals surface area contributed by atoms with Gasteiger partial charge in [-0.1, -0.05) is 23.2 Å². The fourth-order valence-corrected chi connectivity index (χ4v) is 2.99. The maximum atomic E-state index is 6.35. The molecule has 2 aromatic heterocycles. The summed E-state index contributed by atoms with van der Waals surface area (Å²) in [6, 6.07) is 7.68. The van der Waals surface area contributed by atoms with Crippen molar-refractivity contribution in [3.05, 3.63) is 40.5 Å². The Labute approximate surface area is 131 Å². The van der Waals surface area contributed by atoms with Gasteiger partial charge in [0, 0.05) is 12.2 Å². The van der Waals surface area contributed by atoms with Gasteiger partial charge in [-0.2, -0.15) is 0 Å². The molecule has 0 unspecified atom stereocenters. The Morgan fingerprint density at radius 3 is 2.67 bits per heavy atom. The number of rotatable bonds is 2. The maximum Gasteiger partial charge on any atom is 0.160 e. The van der Waals surface area contributed by atoms with Gasteiger partial charge in [-0.3, -0.25) is 0 Å². The number of halogens is 2. The molecule has 0 spiro atoms. The Morgan fingerprint density at radius 2 is 1.90 bits per heavy atom. The van der Waals surface area contributed by atoms with Gasteiger partial charge in [0.15, 0.2) is 5.65 Å². The van der Waals surface area contributed by atoms with Crippen LogP contribution in [0.3, 0.4) is 0 Å². The SMILES string of the molecule is Nc1c(Cl)ccc(Cl)c1-c1nc2cccnc2n1C1CC1. The van der Waals surface area contributed by atoms with E-state index >= 15 is 0 Å². The van der Waals surface area contributed by atoms with Gasteiger partial charge in [0.2, 0.25) is 0 Å². The van der Waals surface area contributed by atoms with Gasteiger partial charge in [0.05, 0.1) is 21.3 Å². The second-order valence-electron chi connectivity index (χ2n) is 5.20. The Balaban J connectivity index is 2.07. The molecule has 6 heteroatoms. The molecule has 1 fully saturated rings. The molecule has 0 radical (unpaired) electrons. The van der Waals surface area contributed by atoms with E-state index in [0.29, 0.717) is 27.3 Å². The molecule has 0 aliphatic heterocycles. The number of anilines is 1. The van der Waals surface area contributed by atoms with Crippen molar-refractivity contribution in [2.75, 3.05) is 5.73 Å². The molecule has 3 aromatic rings. The molecule has 0 bridgehead atoms. The molecule has 2 N–H and O–H groups in total. The van der Waals surface area contributed by atoms with Crippen LogP contribution in [0.4, 0.5) is 5.69 Å². The summed E-state index contributed by atoms with van der Waals surface area (Å²) in [5.41, 5.74) is 8.99. The number of pyridine rings is 1. The van der Waals surface area contributed by atoms with Gasteiger partial charge in [-0.15, -0.1) is 0 Å². The monoisotopic (exact) mass is 318 g/mol. The number of benzene rings is 1. The third-order valence-corrected chi connectivity index (χ3v) is 4.37. The normalized spacial score (nSPS) is 14.8. The molecule has 1 aliphatic rings. The van der Waals surface area contributed by atoms with Gasteiger partial charge in [-0.05, 0) is 37.1 Å². The van der Waals surface area contributed by atoms with Gasteiger partial charge in [0.1, 0.15) is 11.3 Å². The van der Waals surface area contributed by atoms with E-state index in [2.05, 4.69) is 14.5 Å². The standard InChI is InChI=1S/C15H12Cl2N4/c16-9-5-6-10(17)13(18)12(9)15-20-11-2-1-7-19-14(11)21(15)8-3-4-8/h1-2,5-8H,3-4,18H2. The second kappa shape index (κ2) is 4.61. The van der Waals surface area contributed by atoms with Gasteiger partial charge >= 0.3 is 0 Å². The van der Waals surface area contributed by atoms with Crippen molar-refractivity contribution >= 4 is 40.1 Å². The number of hydrogen-bond donors (Lipinski definition) is 1. The van der Waals surface area contributed by atoms with Gasteiger partial charge < -0.3 is 10.3 Å². The van der Waals surface area contributed by atoms with Crippen LogP contribution in [0.1, 0.15) is 18.9 Å². The van der Waals surface area contributed by atoms with E-state index in [1.165, 1.54) is 0 Å². The van der Waals surface area contributed by atoms with E-state index < -0.39 is 0 Å². The molecule has 0 atom stereocenters. The van der Waals surface area contributed by atoms with E-state index in [1.54, 1.807) is 18.3 Å². The first-order valence-electron chi connectivity index (χ1n) is 6.73. The van der Waals surface area contributed by atoms with Crippen LogP contribution in [-0.4, -0.2) is 14.5 Å². The fraction of sp³-hybridized carbons (Fsp3) is 0.200. The molecular formula is C15H12Cl2N4. The first-order chi connectivity index (χ1) is 10.2. The average Bonchev–Trinajstić information content (AvgIpc) is 3.24.